The molecule has 49 heavy (non-hydrogen) atoms. The van der Waals surface area contributed by atoms with Gasteiger partial charge in [0.1, 0.15) is 30.3 Å². The maximum absolute atomic E-state index is 14.6. The number of amides is 1. The largest absolute Gasteiger partial charge is 0.461 e. The quantitative estimate of drug-likeness (QED) is 0.396. The third kappa shape index (κ3) is 5.31. The molecule has 258 valence electrons. The van der Waals surface area contributed by atoms with Crippen LogP contribution >= 0.6 is 0 Å². The first-order valence-corrected chi connectivity index (χ1v) is 17.5. The number of benzene rings is 1. The van der Waals surface area contributed by atoms with Crippen molar-refractivity contribution in [3.05, 3.63) is 57.5 Å². The Balaban J connectivity index is 1.19. The maximum atomic E-state index is 14.6. The van der Waals surface area contributed by atoms with Crippen molar-refractivity contribution in [1.82, 2.24) is 29.5 Å². The molecule has 3 aromatic rings. The summed E-state index contributed by atoms with van der Waals surface area (Å²) in [5.74, 6) is 0.866. The summed E-state index contributed by atoms with van der Waals surface area (Å²) in [6.45, 7) is 5.99. The van der Waals surface area contributed by atoms with Crippen LogP contribution in [0.15, 0.2) is 18.2 Å². The number of alkyl halides is 1. The summed E-state index contributed by atoms with van der Waals surface area (Å²) in [6, 6.07) is 8.39. The van der Waals surface area contributed by atoms with Gasteiger partial charge >= 0.3 is 6.01 Å². The molecule has 2 fully saturated rings. The smallest absolute Gasteiger partial charge is 0.318 e. The van der Waals surface area contributed by atoms with Crippen molar-refractivity contribution in [2.45, 2.75) is 94.8 Å². The first-order chi connectivity index (χ1) is 23.6. The number of carbonyl (C=O) groups is 1. The Morgan fingerprint density at radius 1 is 1.22 bits per heavy atom. The molecule has 2 aromatic heterocycles. The van der Waals surface area contributed by atoms with E-state index in [0.717, 1.165) is 72.5 Å². The molecule has 5 aliphatic rings. The van der Waals surface area contributed by atoms with E-state index in [4.69, 9.17) is 25.2 Å². The van der Waals surface area contributed by atoms with E-state index >= 15 is 0 Å². The highest BCUT2D eigenvalue weighted by Gasteiger charge is 2.50. The molecule has 12 nitrogen and oxygen atoms in total. The van der Waals surface area contributed by atoms with Crippen molar-refractivity contribution >= 4 is 17.4 Å². The zero-order valence-electron chi connectivity index (χ0n) is 28.5. The normalized spacial score (nSPS) is 27.5. The fourth-order valence-corrected chi connectivity index (χ4v) is 8.98. The van der Waals surface area contributed by atoms with Gasteiger partial charge in [-0.15, -0.1) is 0 Å². The molecule has 0 saturated carbocycles. The van der Waals surface area contributed by atoms with Crippen molar-refractivity contribution in [1.29, 1.82) is 5.26 Å². The van der Waals surface area contributed by atoms with E-state index in [1.165, 1.54) is 4.90 Å². The Morgan fingerprint density at radius 3 is 2.90 bits per heavy atom. The molecule has 1 aromatic carbocycles. The minimum Gasteiger partial charge on any atom is -0.461 e. The second-order valence-corrected chi connectivity index (χ2v) is 14.8. The van der Waals surface area contributed by atoms with E-state index < -0.39 is 11.8 Å². The number of halogens is 1. The van der Waals surface area contributed by atoms with Gasteiger partial charge in [0.2, 0.25) is 0 Å². The van der Waals surface area contributed by atoms with Gasteiger partial charge in [0.05, 0.1) is 35.6 Å². The summed E-state index contributed by atoms with van der Waals surface area (Å²) in [7, 11) is 3.45. The maximum Gasteiger partial charge on any atom is 0.318 e. The van der Waals surface area contributed by atoms with Crippen molar-refractivity contribution in [3.63, 3.8) is 0 Å². The van der Waals surface area contributed by atoms with E-state index in [1.807, 2.05) is 22.9 Å². The molecule has 1 aliphatic carbocycles. The van der Waals surface area contributed by atoms with Crippen molar-refractivity contribution < 1.29 is 18.7 Å². The van der Waals surface area contributed by atoms with Gasteiger partial charge in [0.15, 0.2) is 5.69 Å². The van der Waals surface area contributed by atoms with Gasteiger partial charge in [-0.2, -0.15) is 20.3 Å². The molecule has 4 aliphatic heterocycles. The van der Waals surface area contributed by atoms with Gasteiger partial charge in [-0.1, -0.05) is 13.0 Å². The number of carbonyl (C=O) groups excluding carboxylic acids is 1. The molecule has 4 atom stereocenters. The Hall–Kier alpha value is -4.28. The number of fused-ring (bicyclic) bond motifs is 5. The first kappa shape index (κ1) is 32.0. The molecule has 6 heterocycles. The zero-order valence-corrected chi connectivity index (χ0v) is 28.5. The van der Waals surface area contributed by atoms with Gasteiger partial charge in [-0.05, 0) is 62.3 Å². The number of hydrogen-bond donors (Lipinski definition) is 1. The minimum atomic E-state index is -0.859. The van der Waals surface area contributed by atoms with Crippen LogP contribution in [-0.4, -0.2) is 87.5 Å². The molecule has 2 N–H and O–H groups in total. The number of aromatic nitrogens is 4. The van der Waals surface area contributed by atoms with Crippen LogP contribution in [0.5, 0.6) is 6.01 Å². The molecule has 13 heteroatoms. The van der Waals surface area contributed by atoms with E-state index in [2.05, 4.69) is 27.9 Å². The van der Waals surface area contributed by atoms with Gasteiger partial charge in [0.25, 0.3) is 5.91 Å². The van der Waals surface area contributed by atoms with Crippen molar-refractivity contribution in [2.75, 3.05) is 51.0 Å². The van der Waals surface area contributed by atoms with Gasteiger partial charge in [0, 0.05) is 63.4 Å². The summed E-state index contributed by atoms with van der Waals surface area (Å²) in [6.07, 6.45) is 4.40. The van der Waals surface area contributed by atoms with Crippen LogP contribution in [0.1, 0.15) is 95.5 Å². The summed E-state index contributed by atoms with van der Waals surface area (Å²) < 4.78 is 29.9. The number of anilines is 2. The fourth-order valence-electron chi connectivity index (χ4n) is 8.98. The molecule has 0 radical (unpaired) electrons. The molecule has 8 rings (SSSR count). The fraction of sp³-hybridized carbons (Fsp3) is 0.583. The number of nitrogens with zero attached hydrogens (tertiary/aromatic N) is 8. The van der Waals surface area contributed by atoms with Gasteiger partial charge in [-0.3, -0.25) is 14.4 Å². The van der Waals surface area contributed by atoms with Crippen LogP contribution in [0.2, 0.25) is 0 Å². The molecular weight excluding hydrogens is 625 g/mol. The summed E-state index contributed by atoms with van der Waals surface area (Å²) >= 11 is 0. The molecular formula is C36H44FN9O3. The third-order valence-electron chi connectivity index (χ3n) is 11.5. The number of nitriles is 1. The monoisotopic (exact) mass is 669 g/mol. The Kier molecular flexibility index (Phi) is 7.79. The van der Waals surface area contributed by atoms with Crippen LogP contribution in [0.4, 0.5) is 15.9 Å². The number of hydrogen-bond acceptors (Lipinski definition) is 10. The van der Waals surface area contributed by atoms with Crippen LogP contribution < -0.4 is 15.4 Å². The lowest BCUT2D eigenvalue weighted by atomic mass is 9.69. The highest BCUT2D eigenvalue weighted by molar-refractivity contribution is 5.92. The number of nitrogens with two attached hydrogens (primary N) is 1. The standard InChI is InChI=1S/C36H44FN9O3/c1-22-8-10-36(31-25(22)6-7-28(39)26(31)17-38)16-30-27(20-49-36)32(41-34(40-30)48-21-35-9-4-12-45(35)18-23(37)15-35)44-11-5-13-46-24(19-44)14-29(42-46)33(47)43(2)3/h6-7,14,22-23H,4-5,8-13,15-16,18-21,39H2,1-3H3/t22?,23-,35+,36?/m1/s1. The number of rotatable bonds is 5. The van der Waals surface area contributed by atoms with E-state index in [9.17, 15) is 14.4 Å². The Bertz CT molecular complexity index is 1860. The number of aryl methyl sites for hydroxylation is 1. The molecule has 1 spiro atoms. The Morgan fingerprint density at radius 2 is 2.08 bits per heavy atom. The first-order valence-electron chi connectivity index (χ1n) is 17.5. The topological polar surface area (TPSA) is 139 Å². The average Bonchev–Trinajstić information content (AvgIpc) is 3.71. The van der Waals surface area contributed by atoms with Gasteiger partial charge < -0.3 is 25.0 Å². The lowest BCUT2D eigenvalue weighted by Crippen LogP contribution is -2.44. The van der Waals surface area contributed by atoms with Crippen LogP contribution in [-0.2, 0) is 36.5 Å². The third-order valence-corrected chi connectivity index (χ3v) is 11.5. The highest BCUT2D eigenvalue weighted by Crippen LogP contribution is 2.51. The number of nitrogen functional groups attached to an aromatic ring is 1. The van der Waals surface area contributed by atoms with Crippen molar-refractivity contribution in [2.24, 2.45) is 0 Å². The van der Waals surface area contributed by atoms with Gasteiger partial charge in [-0.25, -0.2) is 4.39 Å². The predicted molar refractivity (Wildman–Crippen MR) is 180 cm³/mol. The second kappa shape index (κ2) is 11.9. The van der Waals surface area contributed by atoms with Crippen molar-refractivity contribution in [3.8, 4) is 12.1 Å². The Labute approximate surface area is 286 Å². The van der Waals surface area contributed by atoms with E-state index in [0.29, 0.717) is 62.6 Å². The van der Waals surface area contributed by atoms with E-state index in [1.54, 1.807) is 14.1 Å². The predicted octanol–water partition coefficient (Wildman–Crippen LogP) is 4.06. The zero-order chi connectivity index (χ0) is 34.1. The molecule has 2 saturated heterocycles. The summed E-state index contributed by atoms with van der Waals surface area (Å²) in [4.78, 5) is 28.8. The van der Waals surface area contributed by atoms with Crippen LogP contribution in [0, 0.1) is 11.3 Å². The van der Waals surface area contributed by atoms with Crippen LogP contribution in [0.3, 0.4) is 0 Å². The lowest BCUT2D eigenvalue weighted by Gasteiger charge is -2.45. The summed E-state index contributed by atoms with van der Waals surface area (Å²) in [5, 5.41) is 14.9. The van der Waals surface area contributed by atoms with E-state index in [-0.39, 0.29) is 30.0 Å². The molecule has 2 unspecified atom stereocenters. The second-order valence-electron chi connectivity index (χ2n) is 14.8. The minimum absolute atomic E-state index is 0.136. The number of ether oxygens (including phenoxy) is 2. The molecule has 0 bridgehead atoms. The summed E-state index contributed by atoms with van der Waals surface area (Å²) in [5.41, 5.74) is 11.2. The lowest BCUT2D eigenvalue weighted by molar-refractivity contribution is -0.0873. The average molecular weight is 670 g/mol. The SMILES string of the molecule is CC1CCC2(Cc3nc(OC[C@@]45CCCN4C[C@H](F)C5)nc(N4CCCn5nc(C(=O)N(C)C)cc5C4)c3CO2)c2c1ccc(N)c2C#N. The molecule has 1 amide bonds. The van der Waals surface area contributed by atoms with Crippen LogP contribution in [0.25, 0.3) is 0 Å². The highest BCUT2D eigenvalue weighted by atomic mass is 19.1.